The Morgan fingerprint density at radius 2 is 2.00 bits per heavy atom. The van der Waals surface area contributed by atoms with E-state index in [1.165, 1.54) is 18.2 Å². The average Bonchev–Trinajstić information content (AvgIpc) is 3.31. The summed E-state index contributed by atoms with van der Waals surface area (Å²) in [6, 6.07) is 11.3. The molecule has 0 spiro atoms. The van der Waals surface area contributed by atoms with Crippen molar-refractivity contribution in [1.82, 2.24) is 20.6 Å². The van der Waals surface area contributed by atoms with Gasteiger partial charge < -0.3 is 14.5 Å². The second-order valence-electron chi connectivity index (χ2n) is 6.20. The van der Waals surface area contributed by atoms with E-state index in [2.05, 4.69) is 30.7 Å². The number of ether oxygens (including phenoxy) is 1. The van der Waals surface area contributed by atoms with Crippen LogP contribution < -0.4 is 10.1 Å². The van der Waals surface area contributed by atoms with Gasteiger partial charge in [-0.2, -0.15) is 5.21 Å². The number of halogens is 4. The number of hydrogen-bond donors (Lipinski definition) is 2. The van der Waals surface area contributed by atoms with Crippen molar-refractivity contribution in [3.63, 3.8) is 0 Å². The van der Waals surface area contributed by atoms with Gasteiger partial charge in [0, 0.05) is 17.1 Å². The predicted octanol–water partition coefficient (Wildman–Crippen LogP) is 5.34. The lowest BCUT2D eigenvalue weighted by atomic mass is 10.1. The van der Waals surface area contributed by atoms with Crippen molar-refractivity contribution in [1.29, 1.82) is 0 Å². The molecule has 29 heavy (non-hydrogen) atoms. The Kier molecular flexibility index (Phi) is 4.79. The predicted molar refractivity (Wildman–Crippen MR) is 99.6 cm³/mol. The van der Waals surface area contributed by atoms with E-state index in [-0.39, 0.29) is 11.1 Å². The minimum absolute atomic E-state index is 0.144. The fourth-order valence-corrected chi connectivity index (χ4v) is 3.06. The molecule has 0 fully saturated rings. The summed E-state index contributed by atoms with van der Waals surface area (Å²) in [5, 5.41) is 17.5. The first-order valence-electron chi connectivity index (χ1n) is 8.37. The summed E-state index contributed by atoms with van der Waals surface area (Å²) in [5.74, 6) is 0.384. The van der Waals surface area contributed by atoms with E-state index in [1.807, 2.05) is 25.1 Å². The molecular formula is C18H13ClF3N5O2. The van der Waals surface area contributed by atoms with Crippen LogP contribution in [0.5, 0.6) is 5.75 Å². The monoisotopic (exact) mass is 423 g/mol. The molecule has 2 aromatic carbocycles. The van der Waals surface area contributed by atoms with Crippen LogP contribution in [0.15, 0.2) is 46.9 Å². The molecule has 0 saturated carbocycles. The van der Waals surface area contributed by atoms with Gasteiger partial charge in [-0.15, -0.1) is 23.4 Å². The molecule has 4 aromatic rings. The SMILES string of the molecule is CC(Nc1ccc(OC(F)(F)F)c(Cl)c1)c1ccc2oc(-c3nn[nH]n3)cc2c1. The number of tetrazole rings is 1. The average molecular weight is 424 g/mol. The highest BCUT2D eigenvalue weighted by molar-refractivity contribution is 6.32. The van der Waals surface area contributed by atoms with Gasteiger partial charge in [0.25, 0.3) is 0 Å². The van der Waals surface area contributed by atoms with E-state index in [0.29, 0.717) is 22.9 Å². The van der Waals surface area contributed by atoms with Crippen molar-refractivity contribution >= 4 is 28.3 Å². The summed E-state index contributed by atoms with van der Waals surface area (Å²) >= 11 is 5.90. The minimum atomic E-state index is -4.80. The fourth-order valence-electron chi connectivity index (χ4n) is 2.84. The van der Waals surface area contributed by atoms with E-state index in [1.54, 1.807) is 6.07 Å². The second kappa shape index (κ2) is 7.28. The van der Waals surface area contributed by atoms with Gasteiger partial charge in [-0.05, 0) is 54.1 Å². The maximum atomic E-state index is 12.4. The lowest BCUT2D eigenvalue weighted by Gasteiger charge is -2.17. The summed E-state index contributed by atoms with van der Waals surface area (Å²) in [4.78, 5) is 0. The van der Waals surface area contributed by atoms with Gasteiger partial charge in [0.2, 0.25) is 5.82 Å². The molecule has 150 valence electrons. The van der Waals surface area contributed by atoms with Crippen molar-refractivity contribution < 1.29 is 22.3 Å². The molecule has 0 amide bonds. The van der Waals surface area contributed by atoms with E-state index in [4.69, 9.17) is 16.0 Å². The Morgan fingerprint density at radius 3 is 2.69 bits per heavy atom. The number of furan rings is 1. The lowest BCUT2D eigenvalue weighted by Crippen LogP contribution is -2.17. The molecule has 7 nitrogen and oxygen atoms in total. The summed E-state index contributed by atoms with van der Waals surface area (Å²) in [5.41, 5.74) is 2.15. The molecule has 1 unspecified atom stereocenters. The zero-order chi connectivity index (χ0) is 20.6. The number of H-pyrrole nitrogens is 1. The zero-order valence-electron chi connectivity index (χ0n) is 14.8. The maximum Gasteiger partial charge on any atom is 0.573 e. The zero-order valence-corrected chi connectivity index (χ0v) is 15.5. The number of rotatable bonds is 5. The van der Waals surface area contributed by atoms with Gasteiger partial charge in [0.05, 0.1) is 5.02 Å². The van der Waals surface area contributed by atoms with Gasteiger partial charge >= 0.3 is 6.36 Å². The van der Waals surface area contributed by atoms with E-state index in [0.717, 1.165) is 10.9 Å². The number of anilines is 1. The molecule has 1 atom stereocenters. The molecular weight excluding hydrogens is 411 g/mol. The summed E-state index contributed by atoms with van der Waals surface area (Å²) in [7, 11) is 0. The highest BCUT2D eigenvalue weighted by Crippen LogP contribution is 2.34. The van der Waals surface area contributed by atoms with Gasteiger partial charge in [-0.1, -0.05) is 17.7 Å². The quantitative estimate of drug-likeness (QED) is 0.450. The number of nitrogens with one attached hydrogen (secondary N) is 2. The molecule has 11 heteroatoms. The standard InChI is InChI=1S/C18H13ClF3N5O2/c1-9(23-12-3-5-15(13(19)8-12)29-18(20,21)22)10-2-4-14-11(6-10)7-16(28-14)17-24-26-27-25-17/h2-9,23H,1H3,(H,24,25,26,27). The van der Waals surface area contributed by atoms with Gasteiger partial charge in [-0.25, -0.2) is 0 Å². The Labute approximate surface area is 166 Å². The first-order chi connectivity index (χ1) is 13.8. The number of aromatic amines is 1. The van der Waals surface area contributed by atoms with Crippen molar-refractivity contribution in [3.8, 4) is 17.3 Å². The lowest BCUT2D eigenvalue weighted by molar-refractivity contribution is -0.274. The third kappa shape index (κ3) is 4.27. The third-order valence-corrected chi connectivity index (χ3v) is 4.44. The highest BCUT2D eigenvalue weighted by Gasteiger charge is 2.32. The minimum Gasteiger partial charge on any atom is -0.453 e. The van der Waals surface area contributed by atoms with Crippen molar-refractivity contribution in [2.24, 2.45) is 0 Å². The Hall–Kier alpha value is -3.27. The summed E-state index contributed by atoms with van der Waals surface area (Å²) < 4.78 is 46.6. The molecule has 2 aromatic heterocycles. The maximum absolute atomic E-state index is 12.4. The number of alkyl halides is 3. The first-order valence-corrected chi connectivity index (χ1v) is 8.75. The normalized spacial score (nSPS) is 12.9. The molecule has 0 aliphatic carbocycles. The molecule has 0 aliphatic rings. The van der Waals surface area contributed by atoms with Crippen molar-refractivity contribution in [2.45, 2.75) is 19.3 Å². The molecule has 0 bridgehead atoms. The third-order valence-electron chi connectivity index (χ3n) is 4.15. The topological polar surface area (TPSA) is 88.9 Å². The van der Waals surface area contributed by atoms with Crippen LogP contribution in [0.2, 0.25) is 5.02 Å². The van der Waals surface area contributed by atoms with E-state index in [9.17, 15) is 13.2 Å². The van der Waals surface area contributed by atoms with Crippen LogP contribution in [0.1, 0.15) is 18.5 Å². The first kappa shape index (κ1) is 19.1. The van der Waals surface area contributed by atoms with Crippen LogP contribution in [0.4, 0.5) is 18.9 Å². The fraction of sp³-hybridized carbons (Fsp3) is 0.167. The molecule has 2 N–H and O–H groups in total. The molecule has 0 aliphatic heterocycles. The highest BCUT2D eigenvalue weighted by atomic mass is 35.5. The molecule has 0 saturated heterocycles. The second-order valence-corrected chi connectivity index (χ2v) is 6.61. The number of nitrogens with zero attached hydrogens (tertiary/aromatic N) is 3. The van der Waals surface area contributed by atoms with Crippen molar-refractivity contribution in [3.05, 3.63) is 53.1 Å². The number of aromatic nitrogens is 4. The van der Waals surface area contributed by atoms with Crippen molar-refractivity contribution in [2.75, 3.05) is 5.32 Å². The van der Waals surface area contributed by atoms with Crippen LogP contribution in [0, 0.1) is 0 Å². The summed E-state index contributed by atoms with van der Waals surface area (Å²) in [6.45, 7) is 1.91. The smallest absolute Gasteiger partial charge is 0.453 e. The van der Waals surface area contributed by atoms with E-state index < -0.39 is 12.1 Å². The largest absolute Gasteiger partial charge is 0.573 e. The Morgan fingerprint density at radius 1 is 1.17 bits per heavy atom. The Bertz CT molecular complexity index is 1140. The van der Waals surface area contributed by atoms with Crippen LogP contribution in [-0.2, 0) is 0 Å². The number of benzene rings is 2. The van der Waals surface area contributed by atoms with Gasteiger partial charge in [-0.3, -0.25) is 0 Å². The van der Waals surface area contributed by atoms with Crippen LogP contribution in [0.3, 0.4) is 0 Å². The molecule has 4 rings (SSSR count). The van der Waals surface area contributed by atoms with Crippen LogP contribution in [-0.4, -0.2) is 27.0 Å². The Balaban J connectivity index is 1.53. The van der Waals surface area contributed by atoms with Crippen LogP contribution in [0.25, 0.3) is 22.6 Å². The van der Waals surface area contributed by atoms with Crippen LogP contribution >= 0.6 is 11.6 Å². The number of hydrogen-bond acceptors (Lipinski definition) is 6. The van der Waals surface area contributed by atoms with Gasteiger partial charge in [0.1, 0.15) is 11.3 Å². The molecule has 0 radical (unpaired) electrons. The van der Waals surface area contributed by atoms with E-state index >= 15 is 0 Å². The van der Waals surface area contributed by atoms with Gasteiger partial charge in [0.15, 0.2) is 5.76 Å². The number of fused-ring (bicyclic) bond motifs is 1. The summed E-state index contributed by atoms with van der Waals surface area (Å²) in [6.07, 6.45) is -4.80. The molecule has 2 heterocycles.